The zero-order valence-corrected chi connectivity index (χ0v) is 12.2. The molecule has 2 amide bonds. The fraction of sp³-hybridized carbons (Fsp3) is 0.833. The second kappa shape index (κ2) is 6.00. The minimum absolute atomic E-state index is 0.116. The molecule has 0 aliphatic carbocycles. The Bertz CT molecular complexity index is 356. The fourth-order valence-corrected chi connectivity index (χ4v) is 3.73. The summed E-state index contributed by atoms with van der Waals surface area (Å²) in [4.78, 5) is 28.9. The monoisotopic (exact) mass is 287 g/mol. The van der Waals surface area contributed by atoms with E-state index in [-0.39, 0.29) is 6.03 Å². The quantitative estimate of drug-likeness (QED) is 0.805. The van der Waals surface area contributed by atoms with Crippen LogP contribution in [0.25, 0.3) is 0 Å². The zero-order chi connectivity index (χ0) is 14.0. The number of carbonyl (C=O) groups is 2. The molecule has 0 aromatic heterocycles. The number of likely N-dealkylation sites (tertiary alicyclic amines) is 1. The van der Waals surface area contributed by atoms with Crippen LogP contribution in [0.4, 0.5) is 4.79 Å². The van der Waals surface area contributed by atoms with Crippen LogP contribution >= 0.6 is 11.8 Å². The third kappa shape index (κ3) is 3.14. The second-order valence-corrected chi connectivity index (χ2v) is 6.29. The maximum atomic E-state index is 12.4. The van der Waals surface area contributed by atoms with Crippen molar-refractivity contribution >= 4 is 23.8 Å². The molecule has 1 atom stereocenters. The van der Waals surface area contributed by atoms with Crippen LogP contribution in [-0.2, 0) is 4.79 Å². The van der Waals surface area contributed by atoms with E-state index in [1.54, 1.807) is 4.90 Å². The van der Waals surface area contributed by atoms with Crippen LogP contribution in [0.3, 0.4) is 0 Å². The molecule has 6 nitrogen and oxygen atoms in total. The molecule has 0 aromatic rings. The zero-order valence-electron chi connectivity index (χ0n) is 11.4. The van der Waals surface area contributed by atoms with Gasteiger partial charge in [0.25, 0.3) is 0 Å². The van der Waals surface area contributed by atoms with Crippen molar-refractivity contribution in [2.24, 2.45) is 0 Å². The van der Waals surface area contributed by atoms with Crippen molar-refractivity contribution in [3.63, 3.8) is 0 Å². The average molecular weight is 287 g/mol. The summed E-state index contributed by atoms with van der Waals surface area (Å²) in [6.45, 7) is 1.43. The predicted octanol–water partition coefficient (Wildman–Crippen LogP) is 0.592. The van der Waals surface area contributed by atoms with Crippen LogP contribution in [0.15, 0.2) is 0 Å². The Kier molecular flexibility index (Phi) is 4.57. The molecule has 2 heterocycles. The molecule has 0 aromatic carbocycles. The van der Waals surface area contributed by atoms with Gasteiger partial charge in [0.1, 0.15) is 6.04 Å². The van der Waals surface area contributed by atoms with Gasteiger partial charge >= 0.3 is 12.0 Å². The Morgan fingerprint density at radius 1 is 1.26 bits per heavy atom. The van der Waals surface area contributed by atoms with Crippen LogP contribution in [0.1, 0.15) is 12.8 Å². The summed E-state index contributed by atoms with van der Waals surface area (Å²) in [6.07, 6.45) is 1.91. The highest BCUT2D eigenvalue weighted by atomic mass is 32.2. The van der Waals surface area contributed by atoms with Crippen LogP contribution in [-0.4, -0.2) is 82.7 Å². The van der Waals surface area contributed by atoms with Crippen LogP contribution < -0.4 is 0 Å². The third-order valence-electron chi connectivity index (χ3n) is 3.88. The van der Waals surface area contributed by atoms with Gasteiger partial charge in [-0.1, -0.05) is 0 Å². The number of thioether (sulfide) groups is 1. The summed E-state index contributed by atoms with van der Waals surface area (Å²) in [7, 11) is 4.11. The number of carboxylic acid groups (broad SMARTS) is 1. The summed E-state index contributed by atoms with van der Waals surface area (Å²) in [5.74, 6) is 0.0834. The fourth-order valence-electron chi connectivity index (χ4n) is 2.59. The molecule has 0 saturated carbocycles. The van der Waals surface area contributed by atoms with Gasteiger partial charge in [-0.15, -0.1) is 11.8 Å². The number of amides is 2. The standard InChI is InChI=1S/C12H21N3O3S/c1-13(2)9-3-5-14(6-4-9)12(18)15-8-19-7-10(15)11(16)17/h9-10H,3-8H2,1-2H3,(H,16,17). The van der Waals surface area contributed by atoms with Gasteiger partial charge in [0.15, 0.2) is 0 Å². The number of urea groups is 1. The van der Waals surface area contributed by atoms with Crippen LogP contribution in [0.2, 0.25) is 0 Å². The first-order valence-corrected chi connectivity index (χ1v) is 7.68. The summed E-state index contributed by atoms with van der Waals surface area (Å²) in [6, 6.07) is -0.258. The number of nitrogens with zero attached hydrogens (tertiary/aromatic N) is 3. The SMILES string of the molecule is CN(C)C1CCN(C(=O)N2CSCC2C(=O)O)CC1. The number of hydrogen-bond donors (Lipinski definition) is 1. The molecule has 0 bridgehead atoms. The molecular formula is C12H21N3O3S. The van der Waals surface area contributed by atoms with E-state index in [2.05, 4.69) is 19.0 Å². The van der Waals surface area contributed by atoms with Crippen LogP contribution in [0, 0.1) is 0 Å². The number of carbonyl (C=O) groups excluding carboxylic acids is 1. The van der Waals surface area contributed by atoms with E-state index in [1.165, 1.54) is 16.7 Å². The summed E-state index contributed by atoms with van der Waals surface area (Å²) in [5.41, 5.74) is 0. The molecule has 2 rings (SSSR count). The molecule has 1 N–H and O–H groups in total. The van der Waals surface area contributed by atoms with E-state index in [1.807, 2.05) is 0 Å². The molecule has 0 radical (unpaired) electrons. The van der Waals surface area contributed by atoms with E-state index in [0.717, 1.165) is 25.9 Å². The van der Waals surface area contributed by atoms with Crippen molar-refractivity contribution in [3.8, 4) is 0 Å². The van der Waals surface area contributed by atoms with Gasteiger partial charge in [0.05, 0.1) is 5.88 Å². The molecule has 0 spiro atoms. The normalized spacial score (nSPS) is 25.1. The molecular weight excluding hydrogens is 266 g/mol. The molecule has 19 heavy (non-hydrogen) atoms. The van der Waals surface area contributed by atoms with Crippen molar-refractivity contribution in [2.45, 2.75) is 24.9 Å². The van der Waals surface area contributed by atoms with E-state index in [9.17, 15) is 9.59 Å². The molecule has 2 aliphatic heterocycles. The van der Waals surface area contributed by atoms with Crippen molar-refractivity contribution in [1.29, 1.82) is 0 Å². The number of carboxylic acids is 1. The van der Waals surface area contributed by atoms with Crippen molar-refractivity contribution < 1.29 is 14.7 Å². The lowest BCUT2D eigenvalue weighted by Gasteiger charge is -2.37. The highest BCUT2D eigenvalue weighted by Crippen LogP contribution is 2.24. The summed E-state index contributed by atoms with van der Waals surface area (Å²) < 4.78 is 0. The predicted molar refractivity (Wildman–Crippen MR) is 74.3 cm³/mol. The van der Waals surface area contributed by atoms with Gasteiger partial charge in [-0.3, -0.25) is 0 Å². The first-order valence-electron chi connectivity index (χ1n) is 6.53. The van der Waals surface area contributed by atoms with Gasteiger partial charge in [-0.05, 0) is 26.9 Å². The molecule has 7 heteroatoms. The van der Waals surface area contributed by atoms with E-state index < -0.39 is 12.0 Å². The first kappa shape index (κ1) is 14.5. The number of aliphatic carboxylic acids is 1. The molecule has 2 fully saturated rings. The lowest BCUT2D eigenvalue weighted by Crippen LogP contribution is -2.52. The highest BCUT2D eigenvalue weighted by molar-refractivity contribution is 7.99. The Labute approximate surface area is 117 Å². The molecule has 108 valence electrons. The van der Waals surface area contributed by atoms with Crippen molar-refractivity contribution in [2.75, 3.05) is 38.8 Å². The average Bonchev–Trinajstić information content (AvgIpc) is 2.87. The number of hydrogen-bond acceptors (Lipinski definition) is 4. The van der Waals surface area contributed by atoms with E-state index >= 15 is 0 Å². The van der Waals surface area contributed by atoms with Gasteiger partial charge in [-0.25, -0.2) is 9.59 Å². The summed E-state index contributed by atoms with van der Waals surface area (Å²) in [5, 5.41) is 9.11. The topological polar surface area (TPSA) is 64.1 Å². The Morgan fingerprint density at radius 2 is 1.89 bits per heavy atom. The van der Waals surface area contributed by atoms with Gasteiger partial charge in [0.2, 0.25) is 0 Å². The molecule has 1 unspecified atom stereocenters. The third-order valence-corrected chi connectivity index (χ3v) is 4.89. The maximum absolute atomic E-state index is 12.4. The minimum Gasteiger partial charge on any atom is -0.480 e. The maximum Gasteiger partial charge on any atom is 0.327 e. The molecule has 2 aliphatic rings. The molecule has 2 saturated heterocycles. The smallest absolute Gasteiger partial charge is 0.327 e. The highest BCUT2D eigenvalue weighted by Gasteiger charge is 2.37. The van der Waals surface area contributed by atoms with Crippen molar-refractivity contribution in [3.05, 3.63) is 0 Å². The summed E-state index contributed by atoms with van der Waals surface area (Å²) >= 11 is 1.51. The van der Waals surface area contributed by atoms with E-state index in [4.69, 9.17) is 5.11 Å². The lowest BCUT2D eigenvalue weighted by molar-refractivity contribution is -0.141. The largest absolute Gasteiger partial charge is 0.480 e. The number of piperidine rings is 1. The van der Waals surface area contributed by atoms with Gasteiger partial charge in [-0.2, -0.15) is 0 Å². The van der Waals surface area contributed by atoms with Crippen LogP contribution in [0.5, 0.6) is 0 Å². The van der Waals surface area contributed by atoms with Gasteiger partial charge < -0.3 is 19.8 Å². The van der Waals surface area contributed by atoms with E-state index in [0.29, 0.717) is 17.7 Å². The lowest BCUT2D eigenvalue weighted by atomic mass is 10.0. The van der Waals surface area contributed by atoms with Crippen molar-refractivity contribution in [1.82, 2.24) is 14.7 Å². The first-order chi connectivity index (χ1) is 9.00. The minimum atomic E-state index is -0.901. The van der Waals surface area contributed by atoms with Gasteiger partial charge in [0, 0.05) is 24.9 Å². The Balaban J connectivity index is 1.92. The second-order valence-electron chi connectivity index (χ2n) is 5.29. The Morgan fingerprint density at radius 3 is 2.42 bits per heavy atom. The Hall–Kier alpha value is -0.950. The number of rotatable bonds is 2.